The summed E-state index contributed by atoms with van der Waals surface area (Å²) in [4.78, 5) is 0. The van der Waals surface area contributed by atoms with E-state index >= 15 is 0 Å². The highest BCUT2D eigenvalue weighted by molar-refractivity contribution is 6.20. The van der Waals surface area contributed by atoms with E-state index in [9.17, 15) is 0 Å². The summed E-state index contributed by atoms with van der Waals surface area (Å²) in [6.07, 6.45) is 6.64. The molecule has 0 spiro atoms. The van der Waals surface area contributed by atoms with E-state index in [2.05, 4.69) is 103 Å². The lowest BCUT2D eigenvalue weighted by atomic mass is 9.88. The molecule has 0 heterocycles. The zero-order valence-corrected chi connectivity index (χ0v) is 18.8. The van der Waals surface area contributed by atoms with Crippen LogP contribution in [0.2, 0.25) is 0 Å². The SMILES string of the molecule is N/C=C\C=C1/Cc2c3ccccc3c(-c3ccc4cc5ccccc5cc4c3)c3cccc1c23. The van der Waals surface area contributed by atoms with Crippen LogP contribution >= 0.6 is 0 Å². The molecule has 0 atom stereocenters. The summed E-state index contributed by atoms with van der Waals surface area (Å²) in [6, 6.07) is 35.7. The van der Waals surface area contributed by atoms with Crippen molar-refractivity contribution in [3.05, 3.63) is 127 Å². The molecule has 34 heavy (non-hydrogen) atoms. The highest BCUT2D eigenvalue weighted by Gasteiger charge is 2.24. The van der Waals surface area contributed by atoms with Crippen molar-refractivity contribution in [2.24, 2.45) is 5.73 Å². The summed E-state index contributed by atoms with van der Waals surface area (Å²) < 4.78 is 0. The Balaban J connectivity index is 1.57. The fourth-order valence-corrected chi connectivity index (χ4v) is 5.79. The topological polar surface area (TPSA) is 26.0 Å². The molecule has 6 aromatic carbocycles. The summed E-state index contributed by atoms with van der Waals surface area (Å²) in [6.45, 7) is 0. The number of fused-ring (bicyclic) bond motifs is 4. The minimum atomic E-state index is 0.935. The van der Waals surface area contributed by atoms with Crippen LogP contribution < -0.4 is 5.73 Å². The largest absolute Gasteiger partial charge is 0.405 e. The van der Waals surface area contributed by atoms with Crippen molar-refractivity contribution in [2.75, 3.05) is 0 Å². The van der Waals surface area contributed by atoms with E-state index in [1.807, 2.05) is 6.08 Å². The third-order valence-electron chi connectivity index (χ3n) is 7.27. The summed E-state index contributed by atoms with van der Waals surface area (Å²) in [5.41, 5.74) is 12.3. The first-order valence-corrected chi connectivity index (χ1v) is 11.8. The number of hydrogen-bond acceptors (Lipinski definition) is 1. The Hall–Kier alpha value is -4.36. The Morgan fingerprint density at radius 1 is 0.618 bits per heavy atom. The van der Waals surface area contributed by atoms with E-state index < -0.39 is 0 Å². The number of benzene rings is 6. The number of rotatable bonds is 2. The fourth-order valence-electron chi connectivity index (χ4n) is 5.79. The Morgan fingerprint density at radius 3 is 2.15 bits per heavy atom. The van der Waals surface area contributed by atoms with Gasteiger partial charge in [-0.15, -0.1) is 0 Å². The Labute approximate surface area is 198 Å². The van der Waals surface area contributed by atoms with Gasteiger partial charge in [0.05, 0.1) is 0 Å². The second-order valence-corrected chi connectivity index (χ2v) is 9.14. The second kappa shape index (κ2) is 7.33. The van der Waals surface area contributed by atoms with Gasteiger partial charge in [0.1, 0.15) is 0 Å². The molecule has 6 aromatic rings. The fraction of sp³-hybridized carbons (Fsp3) is 0.0303. The zero-order chi connectivity index (χ0) is 22.6. The third kappa shape index (κ3) is 2.74. The van der Waals surface area contributed by atoms with Gasteiger partial charge in [-0.05, 0) is 108 Å². The minimum Gasteiger partial charge on any atom is -0.405 e. The molecule has 0 amide bonds. The molecule has 0 aliphatic heterocycles. The van der Waals surface area contributed by atoms with Crippen LogP contribution in [0.1, 0.15) is 11.1 Å². The first-order chi connectivity index (χ1) is 16.8. The summed E-state index contributed by atoms with van der Waals surface area (Å²) >= 11 is 0. The van der Waals surface area contributed by atoms with E-state index in [1.54, 1.807) is 6.20 Å². The van der Waals surface area contributed by atoms with E-state index in [0.717, 1.165) is 6.42 Å². The maximum Gasteiger partial charge on any atom is -0.000704 e. The van der Waals surface area contributed by atoms with Crippen molar-refractivity contribution in [3.63, 3.8) is 0 Å². The molecule has 2 N–H and O–H groups in total. The first-order valence-electron chi connectivity index (χ1n) is 11.8. The summed E-state index contributed by atoms with van der Waals surface area (Å²) in [7, 11) is 0. The second-order valence-electron chi connectivity index (χ2n) is 9.14. The van der Waals surface area contributed by atoms with Crippen LogP contribution in [0.5, 0.6) is 0 Å². The van der Waals surface area contributed by atoms with E-state index in [4.69, 9.17) is 5.73 Å². The molecule has 1 heteroatoms. The maximum atomic E-state index is 5.65. The molecule has 1 aliphatic rings. The molecule has 1 aliphatic carbocycles. The van der Waals surface area contributed by atoms with Gasteiger partial charge in [-0.3, -0.25) is 0 Å². The average Bonchev–Trinajstić information content (AvgIpc) is 3.26. The average molecular weight is 434 g/mol. The molecular formula is C33H23N. The van der Waals surface area contributed by atoms with Crippen molar-refractivity contribution in [2.45, 2.75) is 6.42 Å². The maximum absolute atomic E-state index is 5.65. The highest BCUT2D eigenvalue weighted by Crippen LogP contribution is 2.47. The van der Waals surface area contributed by atoms with Crippen LogP contribution in [0.4, 0.5) is 0 Å². The van der Waals surface area contributed by atoms with E-state index in [1.165, 1.54) is 70.9 Å². The van der Waals surface area contributed by atoms with Crippen LogP contribution in [-0.4, -0.2) is 0 Å². The molecule has 0 radical (unpaired) electrons. The normalized spacial score (nSPS) is 14.4. The van der Waals surface area contributed by atoms with Crippen LogP contribution in [0.15, 0.2) is 115 Å². The van der Waals surface area contributed by atoms with Crippen LogP contribution in [0.3, 0.4) is 0 Å². The lowest BCUT2D eigenvalue weighted by Gasteiger charge is -2.15. The van der Waals surface area contributed by atoms with Crippen molar-refractivity contribution in [1.82, 2.24) is 0 Å². The number of hydrogen-bond donors (Lipinski definition) is 1. The van der Waals surface area contributed by atoms with Crippen LogP contribution in [0, 0.1) is 0 Å². The van der Waals surface area contributed by atoms with Gasteiger partial charge in [0.2, 0.25) is 0 Å². The molecule has 0 aromatic heterocycles. The Morgan fingerprint density at radius 2 is 1.32 bits per heavy atom. The predicted octanol–water partition coefficient (Wildman–Crippen LogP) is 8.38. The third-order valence-corrected chi connectivity index (χ3v) is 7.27. The van der Waals surface area contributed by atoms with Gasteiger partial charge in [-0.25, -0.2) is 0 Å². The highest BCUT2D eigenvalue weighted by atomic mass is 14.5. The minimum absolute atomic E-state index is 0.935. The van der Waals surface area contributed by atoms with Crippen molar-refractivity contribution in [1.29, 1.82) is 0 Å². The predicted molar refractivity (Wildman–Crippen MR) is 147 cm³/mol. The molecule has 0 unspecified atom stereocenters. The monoisotopic (exact) mass is 433 g/mol. The zero-order valence-electron chi connectivity index (χ0n) is 18.8. The van der Waals surface area contributed by atoms with Crippen molar-refractivity contribution < 1.29 is 0 Å². The molecular weight excluding hydrogens is 410 g/mol. The molecule has 160 valence electrons. The Bertz CT molecular complexity index is 1840. The number of allylic oxidation sites excluding steroid dienone is 3. The first kappa shape index (κ1) is 19.1. The molecule has 0 saturated heterocycles. The van der Waals surface area contributed by atoms with Crippen molar-refractivity contribution in [3.8, 4) is 11.1 Å². The van der Waals surface area contributed by atoms with Gasteiger partial charge < -0.3 is 5.73 Å². The molecule has 0 saturated carbocycles. The van der Waals surface area contributed by atoms with E-state index in [0.29, 0.717) is 0 Å². The molecule has 0 bridgehead atoms. The van der Waals surface area contributed by atoms with Crippen LogP contribution in [-0.2, 0) is 6.42 Å². The van der Waals surface area contributed by atoms with Gasteiger partial charge >= 0.3 is 0 Å². The summed E-state index contributed by atoms with van der Waals surface area (Å²) in [5.74, 6) is 0. The molecule has 0 fully saturated rings. The van der Waals surface area contributed by atoms with Gasteiger partial charge in [-0.2, -0.15) is 0 Å². The lowest BCUT2D eigenvalue weighted by Crippen LogP contribution is -1.90. The lowest BCUT2D eigenvalue weighted by molar-refractivity contribution is 1.40. The van der Waals surface area contributed by atoms with Gasteiger partial charge in [0.25, 0.3) is 0 Å². The standard InChI is InChI=1S/C33H23N/c34-16-6-9-24-20-31-28-10-3-4-11-29(28)32(30-13-5-12-27(24)33(30)31)25-15-14-23-17-21-7-1-2-8-22(21)18-26(23)19-25/h1-19H,20,34H2/b16-6-,24-9+. The van der Waals surface area contributed by atoms with Gasteiger partial charge in [0, 0.05) is 0 Å². The van der Waals surface area contributed by atoms with Crippen LogP contribution in [0.25, 0.3) is 59.8 Å². The summed E-state index contributed by atoms with van der Waals surface area (Å²) in [5, 5.41) is 10.5. The van der Waals surface area contributed by atoms with Gasteiger partial charge in [-0.1, -0.05) is 84.9 Å². The molecule has 1 nitrogen and oxygen atoms in total. The quantitative estimate of drug-likeness (QED) is 0.273. The molecule has 7 rings (SSSR count). The van der Waals surface area contributed by atoms with E-state index in [-0.39, 0.29) is 0 Å². The van der Waals surface area contributed by atoms with Crippen molar-refractivity contribution >= 4 is 48.7 Å². The Kier molecular flexibility index (Phi) is 4.13. The smallest absolute Gasteiger partial charge is 0.000704 e. The number of nitrogens with two attached hydrogens (primary N) is 1. The van der Waals surface area contributed by atoms with Gasteiger partial charge in [0.15, 0.2) is 0 Å².